The van der Waals surface area contributed by atoms with Gasteiger partial charge in [0.2, 0.25) is 5.82 Å². The number of aromatic nitrogens is 7. The largest absolute Gasteiger partial charge is 0.290 e. The van der Waals surface area contributed by atoms with E-state index < -0.39 is 5.91 Å². The fraction of sp³-hybridized carbons (Fsp3) is 0.158. The van der Waals surface area contributed by atoms with Crippen molar-refractivity contribution in [2.75, 3.05) is 5.43 Å². The van der Waals surface area contributed by atoms with Gasteiger partial charge in [-0.15, -0.1) is 15.0 Å². The fourth-order valence-electron chi connectivity index (χ4n) is 2.87. The number of amides is 1. The summed E-state index contributed by atoms with van der Waals surface area (Å²) in [5.41, 5.74) is 4.74. The number of carbonyl (C=O) groups is 1. The molecule has 10 heteroatoms. The lowest BCUT2D eigenvalue weighted by Crippen LogP contribution is -2.34. The van der Waals surface area contributed by atoms with E-state index in [2.05, 4.69) is 25.9 Å². The van der Waals surface area contributed by atoms with E-state index in [1.165, 1.54) is 20.2 Å². The minimum atomic E-state index is -0.491. The van der Waals surface area contributed by atoms with Crippen molar-refractivity contribution in [1.82, 2.24) is 34.7 Å². The molecule has 146 valence electrons. The van der Waals surface area contributed by atoms with Gasteiger partial charge in [-0.3, -0.25) is 15.0 Å². The first-order chi connectivity index (χ1) is 14.0. The van der Waals surface area contributed by atoms with E-state index in [1.807, 2.05) is 37.3 Å². The van der Waals surface area contributed by atoms with Gasteiger partial charge < -0.3 is 0 Å². The van der Waals surface area contributed by atoms with Gasteiger partial charge in [-0.1, -0.05) is 30.3 Å². The van der Waals surface area contributed by atoms with Crippen molar-refractivity contribution in [3.8, 4) is 11.4 Å². The van der Waals surface area contributed by atoms with Crippen LogP contribution in [0, 0.1) is 13.8 Å². The summed E-state index contributed by atoms with van der Waals surface area (Å²) in [4.78, 5) is 25.9. The predicted octanol–water partition coefficient (Wildman–Crippen LogP) is 1.20. The maximum Gasteiger partial charge on any atom is 0.290 e. The Morgan fingerprint density at radius 1 is 1.07 bits per heavy atom. The third-order valence-corrected chi connectivity index (χ3v) is 4.20. The number of hydrogen-bond donors (Lipinski definition) is 1. The van der Waals surface area contributed by atoms with Crippen molar-refractivity contribution in [3.05, 3.63) is 82.0 Å². The Labute approximate surface area is 165 Å². The number of hydrogen-bond acceptors (Lipinski definition) is 6. The van der Waals surface area contributed by atoms with Crippen LogP contribution in [0.2, 0.25) is 0 Å². The lowest BCUT2D eigenvalue weighted by atomic mass is 10.2. The van der Waals surface area contributed by atoms with Crippen LogP contribution in [0.1, 0.15) is 21.7 Å². The molecule has 0 saturated heterocycles. The van der Waals surface area contributed by atoms with E-state index >= 15 is 0 Å². The molecule has 4 aromatic rings. The number of tetrazole rings is 1. The summed E-state index contributed by atoms with van der Waals surface area (Å²) in [6, 6.07) is 14.3. The molecule has 10 nitrogen and oxygen atoms in total. The summed E-state index contributed by atoms with van der Waals surface area (Å²) in [6.45, 7) is 3.76. The topological polar surface area (TPSA) is 113 Å². The van der Waals surface area contributed by atoms with Crippen molar-refractivity contribution >= 4 is 5.91 Å². The molecule has 1 N–H and O–H groups in total. The summed E-state index contributed by atoms with van der Waals surface area (Å²) in [5.74, 6) is 0.0132. The molecule has 0 unspecified atom stereocenters. The van der Waals surface area contributed by atoms with Gasteiger partial charge in [0.1, 0.15) is 0 Å². The van der Waals surface area contributed by atoms with Crippen LogP contribution in [0.15, 0.2) is 59.5 Å². The van der Waals surface area contributed by atoms with E-state index in [0.717, 1.165) is 11.1 Å². The van der Waals surface area contributed by atoms with Crippen LogP contribution in [0.4, 0.5) is 0 Å². The van der Waals surface area contributed by atoms with Crippen molar-refractivity contribution in [2.24, 2.45) is 0 Å². The van der Waals surface area contributed by atoms with Gasteiger partial charge in [-0.2, -0.15) is 5.10 Å². The fourth-order valence-corrected chi connectivity index (χ4v) is 2.87. The van der Waals surface area contributed by atoms with Crippen LogP contribution in [0.5, 0.6) is 0 Å². The summed E-state index contributed by atoms with van der Waals surface area (Å²) >= 11 is 0. The Hall–Kier alpha value is -4.08. The zero-order valence-electron chi connectivity index (χ0n) is 15.9. The van der Waals surface area contributed by atoms with Gasteiger partial charge in [0, 0.05) is 23.5 Å². The lowest BCUT2D eigenvalue weighted by Gasteiger charge is -2.10. The highest BCUT2D eigenvalue weighted by Gasteiger charge is 2.13. The third kappa shape index (κ3) is 3.95. The second kappa shape index (κ2) is 7.50. The highest BCUT2D eigenvalue weighted by Crippen LogP contribution is 2.11. The third-order valence-electron chi connectivity index (χ3n) is 4.20. The molecular formula is C19H18N8O2. The van der Waals surface area contributed by atoms with Gasteiger partial charge in [0.15, 0.2) is 12.4 Å². The van der Waals surface area contributed by atoms with E-state index in [0.29, 0.717) is 11.5 Å². The molecule has 3 aromatic heterocycles. The second-order valence-electron chi connectivity index (χ2n) is 6.52. The van der Waals surface area contributed by atoms with Crippen molar-refractivity contribution in [1.29, 1.82) is 0 Å². The average molecular weight is 390 g/mol. The van der Waals surface area contributed by atoms with E-state index in [4.69, 9.17) is 0 Å². The Bertz CT molecular complexity index is 1220. The van der Waals surface area contributed by atoms with E-state index in [9.17, 15) is 9.59 Å². The molecule has 0 aliphatic rings. The first-order valence-electron chi connectivity index (χ1n) is 8.88. The van der Waals surface area contributed by atoms with Crippen LogP contribution in [0.3, 0.4) is 0 Å². The summed E-state index contributed by atoms with van der Waals surface area (Å²) < 4.78 is 2.70. The maximum atomic E-state index is 12.5. The Balaban J connectivity index is 1.47. The predicted molar refractivity (Wildman–Crippen MR) is 105 cm³/mol. The van der Waals surface area contributed by atoms with Crippen LogP contribution >= 0.6 is 0 Å². The number of carbonyl (C=O) groups excluding carboxylic acids is 1. The summed E-state index contributed by atoms with van der Waals surface area (Å²) in [5, 5.41) is 16.6. The Kier molecular flexibility index (Phi) is 4.73. The molecule has 3 heterocycles. The quantitative estimate of drug-likeness (QED) is 0.548. The Morgan fingerprint density at radius 3 is 2.62 bits per heavy atom. The minimum absolute atomic E-state index is 0.167. The molecule has 4 rings (SSSR count). The normalized spacial score (nSPS) is 10.8. The number of benzene rings is 1. The standard InChI is InChI=1S/C19H18N8O2/c1-13-10-14(2)27(17(28)11-13)23-19(29)16-8-9-25(21-16)12-26-22-18(20-24-26)15-6-4-3-5-7-15/h3-11H,12H2,1-2H3,(H,23,29). The SMILES string of the molecule is Cc1cc(C)n(NC(=O)c2ccn(Cn3nnc(-c4ccccc4)n3)n2)c(=O)c1. The molecule has 0 aliphatic carbocycles. The van der Waals surface area contributed by atoms with Gasteiger partial charge in [0.05, 0.1) is 0 Å². The monoisotopic (exact) mass is 390 g/mol. The average Bonchev–Trinajstić information content (AvgIpc) is 3.35. The first kappa shape index (κ1) is 18.3. The van der Waals surface area contributed by atoms with Crippen LogP contribution in [-0.4, -0.2) is 40.6 Å². The van der Waals surface area contributed by atoms with Crippen molar-refractivity contribution in [3.63, 3.8) is 0 Å². The molecular weight excluding hydrogens is 372 g/mol. The highest BCUT2D eigenvalue weighted by atomic mass is 16.2. The van der Waals surface area contributed by atoms with Gasteiger partial charge >= 0.3 is 0 Å². The molecule has 0 atom stereocenters. The van der Waals surface area contributed by atoms with Gasteiger partial charge in [0.25, 0.3) is 11.5 Å². The van der Waals surface area contributed by atoms with Crippen LogP contribution in [-0.2, 0) is 6.67 Å². The molecule has 0 saturated carbocycles. The second-order valence-corrected chi connectivity index (χ2v) is 6.52. The van der Waals surface area contributed by atoms with Crippen molar-refractivity contribution < 1.29 is 4.79 Å². The zero-order valence-corrected chi connectivity index (χ0v) is 15.9. The van der Waals surface area contributed by atoms with Crippen molar-refractivity contribution in [2.45, 2.75) is 20.5 Å². The smallest absolute Gasteiger partial charge is 0.267 e. The number of nitrogens with zero attached hydrogens (tertiary/aromatic N) is 7. The minimum Gasteiger partial charge on any atom is -0.267 e. The molecule has 0 radical (unpaired) electrons. The molecule has 1 aromatic carbocycles. The lowest BCUT2D eigenvalue weighted by molar-refractivity contribution is 0.100. The molecule has 0 aliphatic heterocycles. The first-order valence-corrected chi connectivity index (χ1v) is 8.88. The number of aryl methyl sites for hydroxylation is 2. The van der Waals surface area contributed by atoms with E-state index in [-0.39, 0.29) is 17.9 Å². The molecule has 0 fully saturated rings. The molecule has 0 spiro atoms. The molecule has 1 amide bonds. The molecule has 29 heavy (non-hydrogen) atoms. The summed E-state index contributed by atoms with van der Waals surface area (Å²) in [6.07, 6.45) is 1.63. The molecule has 0 bridgehead atoms. The number of pyridine rings is 1. The summed E-state index contributed by atoms with van der Waals surface area (Å²) in [7, 11) is 0. The highest BCUT2D eigenvalue weighted by molar-refractivity contribution is 5.98. The Morgan fingerprint density at radius 2 is 1.86 bits per heavy atom. The number of rotatable bonds is 5. The zero-order chi connectivity index (χ0) is 20.4. The van der Waals surface area contributed by atoms with E-state index in [1.54, 1.807) is 25.3 Å². The van der Waals surface area contributed by atoms with Crippen LogP contribution < -0.4 is 11.0 Å². The maximum absolute atomic E-state index is 12.5. The van der Waals surface area contributed by atoms with Crippen LogP contribution in [0.25, 0.3) is 11.4 Å². The van der Waals surface area contributed by atoms with Gasteiger partial charge in [-0.05, 0) is 36.8 Å². The number of nitrogens with one attached hydrogen (secondary N) is 1. The van der Waals surface area contributed by atoms with Gasteiger partial charge in [-0.25, -0.2) is 9.36 Å².